The molecule has 0 bridgehead atoms. The molecule has 0 atom stereocenters. The third-order valence-corrected chi connectivity index (χ3v) is 2.69. The van der Waals surface area contributed by atoms with Gasteiger partial charge in [0, 0.05) is 18.8 Å². The van der Waals surface area contributed by atoms with Crippen LogP contribution in [0.1, 0.15) is 5.56 Å². The molecule has 2 rings (SSSR count). The molecule has 6 heteroatoms. The van der Waals surface area contributed by atoms with E-state index in [0.29, 0.717) is 5.56 Å². The first-order valence-corrected chi connectivity index (χ1v) is 5.46. The lowest BCUT2D eigenvalue weighted by Crippen LogP contribution is -2.09. The van der Waals surface area contributed by atoms with Crippen LogP contribution in [0, 0.1) is 21.4 Å². The van der Waals surface area contributed by atoms with Crippen molar-refractivity contribution in [2.24, 2.45) is 0 Å². The standard InChI is InChI=1S/C13H10N4O2/c1-16(11-4-2-10(8-14)3-5-11)12-6-7-13(15-9-12)17(18)19/h2-7,9H,1H3. The zero-order valence-corrected chi connectivity index (χ0v) is 10.1. The molecule has 0 spiro atoms. The summed E-state index contributed by atoms with van der Waals surface area (Å²) in [5.41, 5.74) is 2.18. The molecule has 0 fully saturated rings. The highest BCUT2D eigenvalue weighted by Crippen LogP contribution is 2.24. The third-order valence-electron chi connectivity index (χ3n) is 2.69. The maximum absolute atomic E-state index is 10.5. The summed E-state index contributed by atoms with van der Waals surface area (Å²) in [6, 6.07) is 12.1. The van der Waals surface area contributed by atoms with Crippen LogP contribution in [0.4, 0.5) is 17.2 Å². The van der Waals surface area contributed by atoms with Crippen molar-refractivity contribution < 1.29 is 4.92 Å². The molecule has 0 amide bonds. The lowest BCUT2D eigenvalue weighted by atomic mass is 10.2. The fourth-order valence-corrected chi connectivity index (χ4v) is 1.59. The Hall–Kier alpha value is -2.94. The van der Waals surface area contributed by atoms with Crippen LogP contribution in [-0.4, -0.2) is 17.0 Å². The van der Waals surface area contributed by atoms with E-state index in [0.717, 1.165) is 11.4 Å². The maximum Gasteiger partial charge on any atom is 0.363 e. The first-order chi connectivity index (χ1) is 9.11. The number of nitrogens with zero attached hydrogens (tertiary/aromatic N) is 4. The molecule has 0 aliphatic rings. The summed E-state index contributed by atoms with van der Waals surface area (Å²) < 4.78 is 0. The fourth-order valence-electron chi connectivity index (χ4n) is 1.59. The SMILES string of the molecule is CN(c1ccc(C#N)cc1)c1ccc([N+](=O)[O-])nc1. The van der Waals surface area contributed by atoms with Gasteiger partial charge in [0.05, 0.1) is 17.3 Å². The summed E-state index contributed by atoms with van der Waals surface area (Å²) in [5.74, 6) is -0.183. The van der Waals surface area contributed by atoms with Gasteiger partial charge in [-0.2, -0.15) is 5.26 Å². The summed E-state index contributed by atoms with van der Waals surface area (Å²) >= 11 is 0. The highest BCUT2D eigenvalue weighted by molar-refractivity contribution is 5.62. The van der Waals surface area contributed by atoms with E-state index >= 15 is 0 Å². The van der Waals surface area contributed by atoms with Gasteiger partial charge in [-0.15, -0.1) is 0 Å². The number of hydrogen-bond donors (Lipinski definition) is 0. The fraction of sp³-hybridized carbons (Fsp3) is 0.0769. The van der Waals surface area contributed by atoms with E-state index in [1.807, 2.05) is 18.0 Å². The van der Waals surface area contributed by atoms with E-state index in [1.165, 1.54) is 12.3 Å². The quantitative estimate of drug-likeness (QED) is 0.621. The second-order valence-electron chi connectivity index (χ2n) is 3.85. The molecular weight excluding hydrogens is 244 g/mol. The summed E-state index contributed by atoms with van der Waals surface area (Å²) in [5, 5.41) is 19.3. The number of nitro groups is 1. The van der Waals surface area contributed by atoms with E-state index < -0.39 is 4.92 Å². The van der Waals surface area contributed by atoms with Gasteiger partial charge in [-0.1, -0.05) is 0 Å². The molecule has 0 N–H and O–H groups in total. The Morgan fingerprint density at radius 1 is 1.21 bits per heavy atom. The minimum atomic E-state index is -0.536. The Bertz CT molecular complexity index is 629. The van der Waals surface area contributed by atoms with Crippen molar-refractivity contribution in [2.75, 3.05) is 11.9 Å². The van der Waals surface area contributed by atoms with Gasteiger partial charge in [-0.3, -0.25) is 0 Å². The molecule has 0 saturated carbocycles. The smallest absolute Gasteiger partial charge is 0.358 e. The zero-order valence-electron chi connectivity index (χ0n) is 10.1. The second kappa shape index (κ2) is 5.14. The number of hydrogen-bond acceptors (Lipinski definition) is 5. The zero-order chi connectivity index (χ0) is 13.8. The first kappa shape index (κ1) is 12.5. The molecule has 2 aromatic rings. The van der Waals surface area contributed by atoms with Crippen LogP contribution < -0.4 is 4.90 Å². The summed E-state index contributed by atoms with van der Waals surface area (Å²) in [4.78, 5) is 15.6. The molecule has 0 aliphatic carbocycles. The molecular formula is C13H10N4O2. The molecule has 0 radical (unpaired) electrons. The van der Waals surface area contributed by atoms with E-state index in [4.69, 9.17) is 5.26 Å². The van der Waals surface area contributed by atoms with Crippen molar-refractivity contribution in [1.82, 2.24) is 4.98 Å². The lowest BCUT2D eigenvalue weighted by Gasteiger charge is -2.17. The minimum absolute atomic E-state index is 0.183. The average molecular weight is 254 g/mol. The van der Waals surface area contributed by atoms with E-state index in [1.54, 1.807) is 30.3 Å². The van der Waals surface area contributed by atoms with Crippen LogP contribution in [0.2, 0.25) is 0 Å². The molecule has 1 aromatic carbocycles. The van der Waals surface area contributed by atoms with Crippen molar-refractivity contribution in [1.29, 1.82) is 5.26 Å². The van der Waals surface area contributed by atoms with Crippen LogP contribution in [0.25, 0.3) is 0 Å². The number of nitriles is 1. The van der Waals surface area contributed by atoms with Crippen LogP contribution in [-0.2, 0) is 0 Å². The van der Waals surface area contributed by atoms with Gasteiger partial charge in [0.1, 0.15) is 0 Å². The van der Waals surface area contributed by atoms with Crippen molar-refractivity contribution in [3.63, 3.8) is 0 Å². The number of aromatic nitrogens is 1. The lowest BCUT2D eigenvalue weighted by molar-refractivity contribution is -0.389. The molecule has 1 aromatic heterocycles. The van der Waals surface area contributed by atoms with Gasteiger partial charge in [0.15, 0.2) is 6.20 Å². The Morgan fingerprint density at radius 3 is 2.32 bits per heavy atom. The Balaban J connectivity index is 2.25. The minimum Gasteiger partial charge on any atom is -0.358 e. The van der Waals surface area contributed by atoms with Crippen molar-refractivity contribution in [3.05, 3.63) is 58.3 Å². The molecule has 0 saturated heterocycles. The normalized spacial score (nSPS) is 9.68. The predicted octanol–water partition coefficient (Wildman–Crippen LogP) is 2.63. The first-order valence-electron chi connectivity index (χ1n) is 5.46. The number of anilines is 2. The Morgan fingerprint density at radius 2 is 1.84 bits per heavy atom. The van der Waals surface area contributed by atoms with Crippen LogP contribution in [0.5, 0.6) is 0 Å². The molecule has 94 valence electrons. The average Bonchev–Trinajstić information content (AvgIpc) is 2.46. The number of benzene rings is 1. The molecule has 0 aliphatic heterocycles. The van der Waals surface area contributed by atoms with Gasteiger partial charge in [-0.25, -0.2) is 0 Å². The van der Waals surface area contributed by atoms with E-state index in [-0.39, 0.29) is 5.82 Å². The van der Waals surface area contributed by atoms with Crippen molar-refractivity contribution in [2.45, 2.75) is 0 Å². The van der Waals surface area contributed by atoms with E-state index in [9.17, 15) is 10.1 Å². The monoisotopic (exact) mass is 254 g/mol. The van der Waals surface area contributed by atoms with Crippen molar-refractivity contribution in [3.8, 4) is 6.07 Å². The Labute approximate surface area is 109 Å². The molecule has 0 unspecified atom stereocenters. The highest BCUT2D eigenvalue weighted by atomic mass is 16.6. The van der Waals surface area contributed by atoms with Gasteiger partial charge in [0.25, 0.3) is 0 Å². The van der Waals surface area contributed by atoms with Crippen LogP contribution >= 0.6 is 0 Å². The third kappa shape index (κ3) is 2.66. The number of pyridine rings is 1. The summed E-state index contributed by atoms with van der Waals surface area (Å²) in [6.07, 6.45) is 1.44. The molecule has 6 nitrogen and oxygen atoms in total. The van der Waals surface area contributed by atoms with Gasteiger partial charge in [0.2, 0.25) is 0 Å². The van der Waals surface area contributed by atoms with Crippen LogP contribution in [0.3, 0.4) is 0 Å². The topological polar surface area (TPSA) is 83.1 Å². The van der Waals surface area contributed by atoms with E-state index in [2.05, 4.69) is 4.98 Å². The van der Waals surface area contributed by atoms with Gasteiger partial charge >= 0.3 is 5.82 Å². The second-order valence-corrected chi connectivity index (χ2v) is 3.85. The largest absolute Gasteiger partial charge is 0.363 e. The van der Waals surface area contributed by atoms with Crippen molar-refractivity contribution >= 4 is 17.2 Å². The van der Waals surface area contributed by atoms with Gasteiger partial charge < -0.3 is 15.0 Å². The number of rotatable bonds is 3. The highest BCUT2D eigenvalue weighted by Gasteiger charge is 2.10. The van der Waals surface area contributed by atoms with Gasteiger partial charge in [-0.05, 0) is 40.2 Å². The predicted molar refractivity (Wildman–Crippen MR) is 70.1 cm³/mol. The maximum atomic E-state index is 10.5. The van der Waals surface area contributed by atoms with Crippen LogP contribution in [0.15, 0.2) is 42.6 Å². The molecule has 19 heavy (non-hydrogen) atoms. The Kier molecular flexibility index (Phi) is 3.39. The summed E-state index contributed by atoms with van der Waals surface area (Å²) in [6.45, 7) is 0. The molecule has 1 heterocycles. The summed E-state index contributed by atoms with van der Waals surface area (Å²) in [7, 11) is 1.82.